The highest BCUT2D eigenvalue weighted by atomic mass is 16.5. The van der Waals surface area contributed by atoms with Gasteiger partial charge < -0.3 is 26.8 Å². The minimum Gasteiger partial charge on any atom is -0.399 e. The highest BCUT2D eigenvalue weighted by Gasteiger charge is 2.23. The first-order valence-electron chi connectivity index (χ1n) is 4.92. The number of anilines is 4. The van der Waals surface area contributed by atoms with E-state index in [1.165, 1.54) is 4.90 Å². The summed E-state index contributed by atoms with van der Waals surface area (Å²) in [5.41, 5.74) is 19.1. The van der Waals surface area contributed by atoms with E-state index in [-0.39, 0.29) is 12.5 Å². The summed E-state index contributed by atoms with van der Waals surface area (Å²) in [7, 11) is 0. The fraction of sp³-hybridized carbons (Fsp3) is 0.300. The number of carbonyl (C=O) groups excluding carboxylic acids is 1. The standard InChI is InChI=1S/C10H14N4O2/c11-6-3-7(12)10(8(13)4-6)14-1-2-16-5-9(14)15/h3-4H,1-2,5,11-13H2. The van der Waals surface area contributed by atoms with Gasteiger partial charge in [0.25, 0.3) is 5.91 Å². The van der Waals surface area contributed by atoms with E-state index in [2.05, 4.69) is 0 Å². The van der Waals surface area contributed by atoms with Crippen molar-refractivity contribution in [3.8, 4) is 0 Å². The normalized spacial score (nSPS) is 16.5. The fourth-order valence-corrected chi connectivity index (χ4v) is 1.77. The Labute approximate surface area is 92.9 Å². The molecule has 86 valence electrons. The summed E-state index contributed by atoms with van der Waals surface area (Å²) in [5, 5.41) is 0. The van der Waals surface area contributed by atoms with Crippen molar-refractivity contribution in [2.45, 2.75) is 0 Å². The van der Waals surface area contributed by atoms with Crippen molar-refractivity contribution in [1.82, 2.24) is 0 Å². The molecular weight excluding hydrogens is 208 g/mol. The van der Waals surface area contributed by atoms with E-state index in [1.807, 2.05) is 0 Å². The number of benzene rings is 1. The third kappa shape index (κ3) is 1.74. The van der Waals surface area contributed by atoms with Crippen LogP contribution in [0.2, 0.25) is 0 Å². The lowest BCUT2D eigenvalue weighted by Crippen LogP contribution is -2.42. The van der Waals surface area contributed by atoms with Crippen LogP contribution in [-0.4, -0.2) is 25.7 Å². The summed E-state index contributed by atoms with van der Waals surface area (Å²) >= 11 is 0. The van der Waals surface area contributed by atoms with Crippen molar-refractivity contribution in [1.29, 1.82) is 0 Å². The van der Waals surface area contributed by atoms with E-state index < -0.39 is 0 Å². The molecule has 1 aromatic rings. The predicted octanol–water partition coefficient (Wildman–Crippen LogP) is -0.204. The average molecular weight is 222 g/mol. The van der Waals surface area contributed by atoms with Crippen molar-refractivity contribution < 1.29 is 9.53 Å². The number of rotatable bonds is 1. The molecule has 1 aromatic carbocycles. The average Bonchev–Trinajstić information content (AvgIpc) is 2.19. The van der Waals surface area contributed by atoms with Crippen molar-refractivity contribution in [3.05, 3.63) is 12.1 Å². The second-order valence-electron chi connectivity index (χ2n) is 3.65. The van der Waals surface area contributed by atoms with Gasteiger partial charge in [0, 0.05) is 12.2 Å². The number of amides is 1. The Morgan fingerprint density at radius 3 is 2.38 bits per heavy atom. The molecule has 1 fully saturated rings. The molecule has 1 aliphatic rings. The minimum absolute atomic E-state index is 0.0588. The molecule has 0 aliphatic carbocycles. The Morgan fingerprint density at radius 2 is 1.81 bits per heavy atom. The zero-order chi connectivity index (χ0) is 11.7. The van der Waals surface area contributed by atoms with E-state index in [1.54, 1.807) is 12.1 Å². The first kappa shape index (κ1) is 10.6. The van der Waals surface area contributed by atoms with Crippen LogP contribution < -0.4 is 22.1 Å². The van der Waals surface area contributed by atoms with Crippen LogP contribution >= 0.6 is 0 Å². The lowest BCUT2D eigenvalue weighted by Gasteiger charge is -2.29. The van der Waals surface area contributed by atoms with Gasteiger partial charge in [-0.25, -0.2) is 0 Å². The maximum atomic E-state index is 11.6. The van der Waals surface area contributed by atoms with E-state index in [0.717, 1.165) is 0 Å². The molecule has 6 N–H and O–H groups in total. The smallest absolute Gasteiger partial charge is 0.253 e. The molecule has 0 bridgehead atoms. The van der Waals surface area contributed by atoms with Crippen LogP contribution in [0.3, 0.4) is 0 Å². The summed E-state index contributed by atoms with van der Waals surface area (Å²) in [6.45, 7) is 0.995. The van der Waals surface area contributed by atoms with Crippen LogP contribution in [0.1, 0.15) is 0 Å². The maximum Gasteiger partial charge on any atom is 0.253 e. The molecule has 1 saturated heterocycles. The number of morpholine rings is 1. The van der Waals surface area contributed by atoms with Gasteiger partial charge in [-0.1, -0.05) is 0 Å². The molecule has 0 spiro atoms. The third-order valence-electron chi connectivity index (χ3n) is 2.45. The van der Waals surface area contributed by atoms with Crippen LogP contribution in [0.5, 0.6) is 0 Å². The first-order valence-corrected chi connectivity index (χ1v) is 4.92. The third-order valence-corrected chi connectivity index (χ3v) is 2.45. The fourth-order valence-electron chi connectivity index (χ4n) is 1.77. The maximum absolute atomic E-state index is 11.6. The van der Waals surface area contributed by atoms with Gasteiger partial charge in [0.1, 0.15) is 6.61 Å². The lowest BCUT2D eigenvalue weighted by atomic mass is 10.1. The Balaban J connectivity index is 2.42. The number of hydrogen-bond donors (Lipinski definition) is 3. The molecule has 6 heteroatoms. The number of hydrogen-bond acceptors (Lipinski definition) is 5. The first-order chi connectivity index (χ1) is 7.59. The van der Waals surface area contributed by atoms with Gasteiger partial charge in [0.15, 0.2) is 0 Å². The molecule has 1 heterocycles. The molecule has 1 amide bonds. The van der Waals surface area contributed by atoms with Crippen LogP contribution in [-0.2, 0) is 9.53 Å². The Bertz CT molecular complexity index is 410. The second-order valence-corrected chi connectivity index (χ2v) is 3.65. The topological polar surface area (TPSA) is 108 Å². The lowest BCUT2D eigenvalue weighted by molar-refractivity contribution is -0.125. The van der Waals surface area contributed by atoms with Crippen molar-refractivity contribution in [2.24, 2.45) is 0 Å². The molecular formula is C10H14N4O2. The molecule has 6 nitrogen and oxygen atoms in total. The van der Waals surface area contributed by atoms with E-state index in [0.29, 0.717) is 35.9 Å². The molecule has 0 saturated carbocycles. The van der Waals surface area contributed by atoms with E-state index in [4.69, 9.17) is 21.9 Å². The Hall–Kier alpha value is -1.95. The summed E-state index contributed by atoms with van der Waals surface area (Å²) in [6.07, 6.45) is 0. The molecule has 2 rings (SSSR count). The van der Waals surface area contributed by atoms with Gasteiger partial charge in [0.2, 0.25) is 0 Å². The zero-order valence-corrected chi connectivity index (χ0v) is 8.77. The van der Waals surface area contributed by atoms with Gasteiger partial charge >= 0.3 is 0 Å². The summed E-state index contributed by atoms with van der Waals surface area (Å²) in [4.78, 5) is 13.2. The minimum atomic E-state index is -0.144. The SMILES string of the molecule is Nc1cc(N)c(N2CCOCC2=O)c(N)c1. The van der Waals surface area contributed by atoms with Gasteiger partial charge in [-0.15, -0.1) is 0 Å². The molecule has 0 atom stereocenters. The number of ether oxygens (including phenoxy) is 1. The number of nitrogens with two attached hydrogens (primary N) is 3. The van der Waals surface area contributed by atoms with Crippen LogP contribution in [0.15, 0.2) is 12.1 Å². The molecule has 0 radical (unpaired) electrons. The van der Waals surface area contributed by atoms with E-state index in [9.17, 15) is 4.79 Å². The van der Waals surface area contributed by atoms with Gasteiger partial charge in [-0.2, -0.15) is 0 Å². The van der Waals surface area contributed by atoms with E-state index >= 15 is 0 Å². The molecule has 0 aromatic heterocycles. The van der Waals surface area contributed by atoms with Crippen molar-refractivity contribution in [2.75, 3.05) is 41.9 Å². The number of nitrogens with zero attached hydrogens (tertiary/aromatic N) is 1. The molecule has 1 aliphatic heterocycles. The number of carbonyl (C=O) groups is 1. The second kappa shape index (κ2) is 3.90. The summed E-state index contributed by atoms with van der Waals surface area (Å²) < 4.78 is 5.04. The van der Waals surface area contributed by atoms with Gasteiger partial charge in [0.05, 0.1) is 23.7 Å². The molecule has 0 unspecified atom stereocenters. The number of nitrogen functional groups attached to an aromatic ring is 3. The van der Waals surface area contributed by atoms with Crippen LogP contribution in [0.4, 0.5) is 22.7 Å². The Kier molecular flexibility index (Phi) is 2.57. The highest BCUT2D eigenvalue weighted by molar-refractivity contribution is 6.02. The summed E-state index contributed by atoms with van der Waals surface area (Å²) in [6, 6.07) is 3.18. The predicted molar refractivity (Wildman–Crippen MR) is 62.9 cm³/mol. The quantitative estimate of drug-likeness (QED) is 0.570. The van der Waals surface area contributed by atoms with Gasteiger partial charge in [-0.3, -0.25) is 4.79 Å². The van der Waals surface area contributed by atoms with Gasteiger partial charge in [-0.05, 0) is 12.1 Å². The van der Waals surface area contributed by atoms with Crippen LogP contribution in [0, 0.1) is 0 Å². The summed E-state index contributed by atoms with van der Waals surface area (Å²) in [5.74, 6) is -0.144. The van der Waals surface area contributed by atoms with Crippen LogP contribution in [0.25, 0.3) is 0 Å². The highest BCUT2D eigenvalue weighted by Crippen LogP contribution is 2.33. The molecule has 16 heavy (non-hydrogen) atoms. The monoisotopic (exact) mass is 222 g/mol. The zero-order valence-electron chi connectivity index (χ0n) is 8.77. The van der Waals surface area contributed by atoms with Crippen molar-refractivity contribution >= 4 is 28.7 Å². The Morgan fingerprint density at radius 1 is 1.19 bits per heavy atom. The largest absolute Gasteiger partial charge is 0.399 e. The van der Waals surface area contributed by atoms with Crippen molar-refractivity contribution in [3.63, 3.8) is 0 Å².